The first-order valence-corrected chi connectivity index (χ1v) is 6.29. The summed E-state index contributed by atoms with van der Waals surface area (Å²) in [5.41, 5.74) is 1.95. The minimum atomic E-state index is 0.768. The topological polar surface area (TPSA) is 30.7 Å². The van der Waals surface area contributed by atoms with Crippen molar-refractivity contribution >= 4 is 22.6 Å². The molecule has 0 unspecified atom stereocenters. The van der Waals surface area contributed by atoms with E-state index >= 15 is 0 Å². The lowest BCUT2D eigenvalue weighted by Crippen LogP contribution is -2.01. The van der Waals surface area contributed by atoms with Crippen molar-refractivity contribution in [2.75, 3.05) is 5.88 Å². The van der Waals surface area contributed by atoms with Gasteiger partial charge in [0.1, 0.15) is 11.0 Å². The first kappa shape index (κ1) is 11.4. The number of aromatic nitrogens is 3. The molecule has 16 heavy (non-hydrogen) atoms. The molecule has 0 atom stereocenters. The highest BCUT2D eigenvalue weighted by molar-refractivity contribution is 6.17. The van der Waals surface area contributed by atoms with E-state index in [2.05, 4.69) is 10.2 Å². The maximum absolute atomic E-state index is 5.62. The number of alkyl halides is 1. The summed E-state index contributed by atoms with van der Waals surface area (Å²) in [7, 11) is 0. The van der Waals surface area contributed by atoms with Gasteiger partial charge < -0.3 is 0 Å². The van der Waals surface area contributed by atoms with Gasteiger partial charge in [-0.2, -0.15) is 15.0 Å². The summed E-state index contributed by atoms with van der Waals surface area (Å²) in [5, 5.41) is 8.82. The third-order valence-electron chi connectivity index (χ3n) is 2.57. The summed E-state index contributed by atoms with van der Waals surface area (Å²) in [5.74, 6) is 0.768. The van der Waals surface area contributed by atoms with Crippen LogP contribution < -0.4 is 0 Å². The second kappa shape index (κ2) is 5.85. The average molecular weight is 238 g/mol. The largest absolute Gasteiger partial charge is 0.184 e. The van der Waals surface area contributed by atoms with Gasteiger partial charge in [-0.15, -0.1) is 11.6 Å². The Morgan fingerprint density at radius 2 is 1.56 bits per heavy atom. The van der Waals surface area contributed by atoms with Crippen molar-refractivity contribution in [1.29, 1.82) is 0 Å². The molecule has 2 rings (SSSR count). The molecular weight excluding hydrogens is 222 g/mol. The fourth-order valence-electron chi connectivity index (χ4n) is 1.71. The van der Waals surface area contributed by atoms with Crippen molar-refractivity contribution in [1.82, 2.24) is 15.0 Å². The molecule has 2 aromatic rings. The van der Waals surface area contributed by atoms with Crippen molar-refractivity contribution in [3.05, 3.63) is 24.3 Å². The van der Waals surface area contributed by atoms with Crippen molar-refractivity contribution in [2.24, 2.45) is 0 Å². The molecule has 4 heteroatoms. The summed E-state index contributed by atoms with van der Waals surface area (Å²) >= 11 is 5.62. The Balaban J connectivity index is 1.85. The molecule has 86 valence electrons. The summed E-state index contributed by atoms with van der Waals surface area (Å²) < 4.78 is 0. The van der Waals surface area contributed by atoms with Gasteiger partial charge in [-0.05, 0) is 25.0 Å². The molecule has 0 saturated carbocycles. The SMILES string of the molecule is ClCCCCCCn1nc2ccccc2n1. The van der Waals surface area contributed by atoms with Gasteiger partial charge in [-0.1, -0.05) is 25.0 Å². The first-order chi connectivity index (χ1) is 7.90. The average Bonchev–Trinajstić information content (AvgIpc) is 2.71. The molecule has 1 aromatic heterocycles. The Bertz CT molecular complexity index is 406. The van der Waals surface area contributed by atoms with Crippen LogP contribution in [0.25, 0.3) is 11.0 Å². The molecule has 0 aliphatic rings. The Kier molecular flexibility index (Phi) is 4.17. The standard InChI is InChI=1S/C12H16ClN3/c13-9-5-1-2-6-10-16-14-11-7-3-4-8-12(11)15-16/h3-4,7-8H,1-2,5-6,9-10H2. The number of aryl methyl sites for hydroxylation is 1. The van der Waals surface area contributed by atoms with Gasteiger partial charge in [0.15, 0.2) is 0 Å². The van der Waals surface area contributed by atoms with E-state index in [0.717, 1.165) is 36.3 Å². The second-order valence-corrected chi connectivity index (χ2v) is 4.27. The van der Waals surface area contributed by atoms with Crippen LogP contribution in [0.15, 0.2) is 24.3 Å². The van der Waals surface area contributed by atoms with E-state index in [4.69, 9.17) is 11.6 Å². The highest BCUT2D eigenvalue weighted by atomic mass is 35.5. The minimum Gasteiger partial charge on any atom is -0.184 e. The first-order valence-electron chi connectivity index (χ1n) is 5.76. The molecule has 1 aromatic carbocycles. The van der Waals surface area contributed by atoms with E-state index in [1.54, 1.807) is 4.80 Å². The number of hydrogen-bond acceptors (Lipinski definition) is 2. The highest BCUT2D eigenvalue weighted by Gasteiger charge is 2.00. The number of fused-ring (bicyclic) bond motifs is 1. The normalized spacial score (nSPS) is 11.1. The predicted molar refractivity (Wildman–Crippen MR) is 66.7 cm³/mol. The Hall–Kier alpha value is -1.09. The lowest BCUT2D eigenvalue weighted by atomic mass is 10.2. The molecule has 0 saturated heterocycles. The summed E-state index contributed by atoms with van der Waals surface area (Å²) in [6.07, 6.45) is 4.63. The molecule has 0 radical (unpaired) electrons. The number of hydrogen-bond donors (Lipinski definition) is 0. The maximum atomic E-state index is 5.62. The lowest BCUT2D eigenvalue weighted by Gasteiger charge is -1.98. The minimum absolute atomic E-state index is 0.768. The van der Waals surface area contributed by atoms with E-state index in [9.17, 15) is 0 Å². The van der Waals surface area contributed by atoms with Gasteiger partial charge in [-0.3, -0.25) is 0 Å². The Morgan fingerprint density at radius 3 is 2.19 bits per heavy atom. The van der Waals surface area contributed by atoms with Crippen molar-refractivity contribution in [2.45, 2.75) is 32.2 Å². The van der Waals surface area contributed by atoms with Crippen LogP contribution in [0.3, 0.4) is 0 Å². The van der Waals surface area contributed by atoms with Crippen molar-refractivity contribution < 1.29 is 0 Å². The summed E-state index contributed by atoms with van der Waals surface area (Å²) in [4.78, 5) is 1.80. The summed E-state index contributed by atoms with van der Waals surface area (Å²) in [6, 6.07) is 7.96. The number of unbranched alkanes of at least 4 members (excludes halogenated alkanes) is 3. The van der Waals surface area contributed by atoms with Crippen LogP contribution in [-0.2, 0) is 6.54 Å². The molecule has 0 aliphatic carbocycles. The molecule has 1 heterocycles. The number of benzene rings is 1. The van der Waals surface area contributed by atoms with Crippen LogP contribution in [0.1, 0.15) is 25.7 Å². The third-order valence-corrected chi connectivity index (χ3v) is 2.84. The van der Waals surface area contributed by atoms with Gasteiger partial charge >= 0.3 is 0 Å². The van der Waals surface area contributed by atoms with E-state index < -0.39 is 0 Å². The predicted octanol–water partition coefficient (Wildman–Crippen LogP) is 3.23. The zero-order valence-electron chi connectivity index (χ0n) is 9.27. The zero-order valence-corrected chi connectivity index (χ0v) is 10.0. The smallest absolute Gasteiger partial charge is 0.113 e. The molecule has 0 bridgehead atoms. The number of rotatable bonds is 6. The van der Waals surface area contributed by atoms with Crippen LogP contribution in [0.5, 0.6) is 0 Å². The quantitative estimate of drug-likeness (QED) is 0.571. The Labute approximate surface area is 100 Å². The van der Waals surface area contributed by atoms with Gasteiger partial charge in [-0.25, -0.2) is 0 Å². The molecule has 0 N–H and O–H groups in total. The number of nitrogens with zero attached hydrogens (tertiary/aromatic N) is 3. The lowest BCUT2D eigenvalue weighted by molar-refractivity contribution is 0.495. The molecule has 0 spiro atoms. The van der Waals surface area contributed by atoms with E-state index in [1.165, 1.54) is 12.8 Å². The van der Waals surface area contributed by atoms with Gasteiger partial charge in [0.2, 0.25) is 0 Å². The van der Waals surface area contributed by atoms with E-state index in [1.807, 2.05) is 24.3 Å². The molecule has 0 fully saturated rings. The van der Waals surface area contributed by atoms with Crippen molar-refractivity contribution in [3.63, 3.8) is 0 Å². The third kappa shape index (κ3) is 2.95. The van der Waals surface area contributed by atoms with Crippen LogP contribution in [0, 0.1) is 0 Å². The number of halogens is 1. The van der Waals surface area contributed by atoms with E-state index in [-0.39, 0.29) is 0 Å². The Morgan fingerprint density at radius 1 is 0.938 bits per heavy atom. The highest BCUT2D eigenvalue weighted by Crippen LogP contribution is 2.08. The van der Waals surface area contributed by atoms with Crippen LogP contribution in [-0.4, -0.2) is 20.9 Å². The van der Waals surface area contributed by atoms with Gasteiger partial charge in [0.25, 0.3) is 0 Å². The molecule has 3 nitrogen and oxygen atoms in total. The van der Waals surface area contributed by atoms with E-state index in [0.29, 0.717) is 0 Å². The van der Waals surface area contributed by atoms with Crippen LogP contribution in [0.4, 0.5) is 0 Å². The van der Waals surface area contributed by atoms with Crippen molar-refractivity contribution in [3.8, 4) is 0 Å². The molecule has 0 amide bonds. The molecular formula is C12H16ClN3. The fraction of sp³-hybridized carbons (Fsp3) is 0.500. The monoisotopic (exact) mass is 237 g/mol. The van der Waals surface area contributed by atoms with Gasteiger partial charge in [0.05, 0.1) is 6.54 Å². The van der Waals surface area contributed by atoms with Crippen LogP contribution >= 0.6 is 11.6 Å². The molecule has 0 aliphatic heterocycles. The van der Waals surface area contributed by atoms with Gasteiger partial charge in [0, 0.05) is 5.88 Å². The maximum Gasteiger partial charge on any atom is 0.113 e. The van der Waals surface area contributed by atoms with Crippen LogP contribution in [0.2, 0.25) is 0 Å². The zero-order chi connectivity index (χ0) is 11.2. The second-order valence-electron chi connectivity index (χ2n) is 3.89. The summed E-state index contributed by atoms with van der Waals surface area (Å²) in [6.45, 7) is 0.900. The fourth-order valence-corrected chi connectivity index (χ4v) is 1.89.